The van der Waals surface area contributed by atoms with Gasteiger partial charge in [-0.3, -0.25) is 0 Å². The Balaban J connectivity index is 1.86. The second-order valence-corrected chi connectivity index (χ2v) is 5.77. The van der Waals surface area contributed by atoms with Crippen molar-refractivity contribution in [3.63, 3.8) is 0 Å². The van der Waals surface area contributed by atoms with E-state index in [1.54, 1.807) is 30.2 Å². The normalized spacial score (nSPS) is 10.5. The Kier molecular flexibility index (Phi) is 4.05. The number of aromatic nitrogens is 2. The summed E-state index contributed by atoms with van der Waals surface area (Å²) < 4.78 is 0. The van der Waals surface area contributed by atoms with E-state index in [2.05, 4.69) is 16.0 Å². The van der Waals surface area contributed by atoms with Crippen molar-refractivity contribution >= 4 is 34.3 Å². The lowest BCUT2D eigenvalue weighted by molar-refractivity contribution is 1.10. The molecule has 0 amide bonds. The molecule has 102 valence electrons. The average Bonchev–Trinajstić information content (AvgIpc) is 2.53. The molecule has 2 aromatic carbocycles. The zero-order valence-corrected chi connectivity index (χ0v) is 12.5. The van der Waals surface area contributed by atoms with Gasteiger partial charge in [-0.05, 0) is 23.8 Å². The highest BCUT2D eigenvalue weighted by atomic mass is 35.5. The van der Waals surface area contributed by atoms with Crippen LogP contribution in [0.2, 0.25) is 5.02 Å². The molecule has 0 N–H and O–H groups in total. The summed E-state index contributed by atoms with van der Waals surface area (Å²) in [5.74, 6) is 0.700. The van der Waals surface area contributed by atoms with Crippen LogP contribution in [0.25, 0.3) is 10.9 Å². The van der Waals surface area contributed by atoms with Crippen molar-refractivity contribution in [1.82, 2.24) is 9.97 Å². The lowest BCUT2D eigenvalue weighted by atomic mass is 10.2. The molecule has 5 heteroatoms. The number of halogens is 1. The first-order valence-electron chi connectivity index (χ1n) is 6.29. The molecule has 0 aliphatic heterocycles. The molecule has 0 saturated carbocycles. The third-order valence-electron chi connectivity index (χ3n) is 3.05. The van der Waals surface area contributed by atoms with Crippen LogP contribution in [0, 0.1) is 11.3 Å². The fourth-order valence-corrected chi connectivity index (χ4v) is 3.30. The number of benzene rings is 2. The molecule has 0 atom stereocenters. The Morgan fingerprint density at radius 3 is 2.81 bits per heavy atom. The Hall–Kier alpha value is -2.09. The molecule has 0 spiro atoms. The van der Waals surface area contributed by atoms with E-state index >= 15 is 0 Å². The SMILES string of the molecule is N#Cc1ccc(CSc2ncnc3ccccc23)c(Cl)c1. The summed E-state index contributed by atoms with van der Waals surface area (Å²) >= 11 is 7.81. The van der Waals surface area contributed by atoms with E-state index in [1.807, 2.05) is 30.3 Å². The molecule has 1 heterocycles. The van der Waals surface area contributed by atoms with Gasteiger partial charge in [-0.1, -0.05) is 35.9 Å². The van der Waals surface area contributed by atoms with Gasteiger partial charge < -0.3 is 0 Å². The van der Waals surface area contributed by atoms with Crippen molar-refractivity contribution in [2.45, 2.75) is 10.8 Å². The molecule has 0 unspecified atom stereocenters. The summed E-state index contributed by atoms with van der Waals surface area (Å²) in [7, 11) is 0. The van der Waals surface area contributed by atoms with E-state index < -0.39 is 0 Å². The number of nitriles is 1. The number of hydrogen-bond donors (Lipinski definition) is 0. The first-order valence-corrected chi connectivity index (χ1v) is 7.65. The summed E-state index contributed by atoms with van der Waals surface area (Å²) in [6.45, 7) is 0. The minimum Gasteiger partial charge on any atom is -0.236 e. The van der Waals surface area contributed by atoms with E-state index in [1.165, 1.54) is 0 Å². The van der Waals surface area contributed by atoms with Crippen LogP contribution in [0.4, 0.5) is 0 Å². The molecule has 0 saturated heterocycles. The van der Waals surface area contributed by atoms with Gasteiger partial charge in [0.05, 0.1) is 17.1 Å². The maximum atomic E-state index is 8.85. The third-order valence-corrected chi connectivity index (χ3v) is 4.46. The molecule has 3 aromatic rings. The molecule has 0 aliphatic rings. The number of para-hydroxylation sites is 1. The van der Waals surface area contributed by atoms with Crippen LogP contribution in [0.3, 0.4) is 0 Å². The van der Waals surface area contributed by atoms with Crippen LogP contribution in [0.1, 0.15) is 11.1 Å². The van der Waals surface area contributed by atoms with E-state index in [-0.39, 0.29) is 0 Å². The minimum absolute atomic E-state index is 0.571. The molecule has 1 aromatic heterocycles. The van der Waals surface area contributed by atoms with Crippen molar-refractivity contribution in [1.29, 1.82) is 5.26 Å². The van der Waals surface area contributed by atoms with Gasteiger partial charge in [0.15, 0.2) is 0 Å². The molecular weight excluding hydrogens is 302 g/mol. The van der Waals surface area contributed by atoms with Crippen molar-refractivity contribution in [3.05, 3.63) is 64.9 Å². The Morgan fingerprint density at radius 1 is 1.14 bits per heavy atom. The smallest absolute Gasteiger partial charge is 0.117 e. The van der Waals surface area contributed by atoms with E-state index in [0.717, 1.165) is 21.5 Å². The minimum atomic E-state index is 0.571. The quantitative estimate of drug-likeness (QED) is 0.530. The van der Waals surface area contributed by atoms with Crippen LogP contribution in [-0.2, 0) is 5.75 Å². The number of rotatable bonds is 3. The summed E-state index contributed by atoms with van der Waals surface area (Å²) in [5, 5.41) is 11.4. The van der Waals surface area contributed by atoms with Crippen LogP contribution < -0.4 is 0 Å². The van der Waals surface area contributed by atoms with Crippen molar-refractivity contribution < 1.29 is 0 Å². The van der Waals surface area contributed by atoms with Crippen LogP contribution >= 0.6 is 23.4 Å². The van der Waals surface area contributed by atoms with Gasteiger partial charge in [-0.2, -0.15) is 5.26 Å². The predicted molar refractivity (Wildman–Crippen MR) is 85.3 cm³/mol. The first-order chi connectivity index (χ1) is 10.3. The summed E-state index contributed by atoms with van der Waals surface area (Å²) in [5.41, 5.74) is 2.49. The highest BCUT2D eigenvalue weighted by Gasteiger charge is 2.07. The molecule has 3 nitrogen and oxygen atoms in total. The lowest BCUT2D eigenvalue weighted by Crippen LogP contribution is -1.89. The first kappa shape index (κ1) is 13.9. The number of nitrogens with zero attached hydrogens (tertiary/aromatic N) is 3. The average molecular weight is 312 g/mol. The molecule has 0 bridgehead atoms. The molecule has 0 fully saturated rings. The topological polar surface area (TPSA) is 49.6 Å². The summed E-state index contributed by atoms with van der Waals surface area (Å²) in [6, 6.07) is 15.4. The fraction of sp³-hybridized carbons (Fsp3) is 0.0625. The maximum Gasteiger partial charge on any atom is 0.117 e. The largest absolute Gasteiger partial charge is 0.236 e. The lowest BCUT2D eigenvalue weighted by Gasteiger charge is -2.06. The Bertz CT molecular complexity index is 837. The molecule has 0 aliphatic carbocycles. The zero-order valence-electron chi connectivity index (χ0n) is 11.0. The zero-order chi connectivity index (χ0) is 14.7. The number of fused-ring (bicyclic) bond motifs is 1. The molecule has 21 heavy (non-hydrogen) atoms. The highest BCUT2D eigenvalue weighted by Crippen LogP contribution is 2.29. The van der Waals surface area contributed by atoms with E-state index in [9.17, 15) is 0 Å². The second kappa shape index (κ2) is 6.13. The van der Waals surface area contributed by atoms with Crippen molar-refractivity contribution in [3.8, 4) is 6.07 Å². The standard InChI is InChI=1S/C16H10ClN3S/c17-14-7-11(8-18)5-6-12(14)9-21-16-13-3-1-2-4-15(13)19-10-20-16/h1-7,10H,9H2. The Labute approximate surface area is 131 Å². The number of thioether (sulfide) groups is 1. The number of hydrogen-bond acceptors (Lipinski definition) is 4. The van der Waals surface area contributed by atoms with Crippen LogP contribution in [-0.4, -0.2) is 9.97 Å². The van der Waals surface area contributed by atoms with E-state index in [0.29, 0.717) is 16.3 Å². The van der Waals surface area contributed by atoms with Gasteiger partial charge in [0.1, 0.15) is 11.4 Å². The van der Waals surface area contributed by atoms with Gasteiger partial charge in [-0.25, -0.2) is 9.97 Å². The third kappa shape index (κ3) is 2.99. The van der Waals surface area contributed by atoms with Crippen LogP contribution in [0.5, 0.6) is 0 Å². The van der Waals surface area contributed by atoms with Gasteiger partial charge in [0, 0.05) is 16.2 Å². The Morgan fingerprint density at radius 2 is 2.00 bits per heavy atom. The molecular formula is C16H10ClN3S. The summed E-state index contributed by atoms with van der Waals surface area (Å²) in [4.78, 5) is 8.59. The molecule has 0 radical (unpaired) electrons. The second-order valence-electron chi connectivity index (χ2n) is 4.40. The van der Waals surface area contributed by atoms with Gasteiger partial charge >= 0.3 is 0 Å². The molecule has 3 rings (SSSR count). The van der Waals surface area contributed by atoms with Gasteiger partial charge in [0.25, 0.3) is 0 Å². The van der Waals surface area contributed by atoms with Crippen molar-refractivity contribution in [2.24, 2.45) is 0 Å². The maximum absolute atomic E-state index is 8.85. The van der Waals surface area contributed by atoms with Crippen molar-refractivity contribution in [2.75, 3.05) is 0 Å². The summed E-state index contributed by atoms with van der Waals surface area (Å²) in [6.07, 6.45) is 1.57. The van der Waals surface area contributed by atoms with E-state index in [4.69, 9.17) is 16.9 Å². The monoisotopic (exact) mass is 311 g/mol. The van der Waals surface area contributed by atoms with Crippen LogP contribution in [0.15, 0.2) is 53.8 Å². The van der Waals surface area contributed by atoms with Gasteiger partial charge in [0.2, 0.25) is 0 Å². The fourth-order valence-electron chi connectivity index (χ4n) is 1.98. The highest BCUT2D eigenvalue weighted by molar-refractivity contribution is 7.98. The predicted octanol–water partition coefficient (Wildman–Crippen LogP) is 4.45. The van der Waals surface area contributed by atoms with Gasteiger partial charge in [-0.15, -0.1) is 11.8 Å².